The zero-order valence-electron chi connectivity index (χ0n) is 13.0. The molecule has 4 nitrogen and oxygen atoms in total. The van der Waals surface area contributed by atoms with Gasteiger partial charge in [0.25, 0.3) is 0 Å². The third-order valence-electron chi connectivity index (χ3n) is 3.84. The van der Waals surface area contributed by atoms with Crippen molar-refractivity contribution in [2.24, 2.45) is 0 Å². The zero-order valence-corrected chi connectivity index (χ0v) is 13.8. The molecule has 0 unspecified atom stereocenters. The number of H-pyrrole nitrogens is 1. The summed E-state index contributed by atoms with van der Waals surface area (Å²) < 4.78 is 39.4. The second-order valence-corrected chi connectivity index (χ2v) is 6.01. The molecule has 1 aromatic carbocycles. The van der Waals surface area contributed by atoms with Gasteiger partial charge in [0.1, 0.15) is 5.69 Å². The monoisotopic (exact) mass is 374 g/mol. The fourth-order valence-corrected chi connectivity index (χ4v) is 2.81. The first-order valence-corrected chi connectivity index (χ1v) is 7.94. The molecule has 0 spiro atoms. The lowest BCUT2D eigenvalue weighted by molar-refractivity contribution is -0.137. The van der Waals surface area contributed by atoms with E-state index >= 15 is 0 Å². The van der Waals surface area contributed by atoms with Crippen LogP contribution in [0, 0.1) is 0 Å². The third-order valence-corrected chi connectivity index (χ3v) is 4.07. The summed E-state index contributed by atoms with van der Waals surface area (Å²) in [7, 11) is 0. The highest BCUT2D eigenvalue weighted by molar-refractivity contribution is 6.31. The maximum Gasteiger partial charge on any atom is 0.418 e. The molecule has 4 rings (SSSR count). The van der Waals surface area contributed by atoms with Crippen molar-refractivity contribution in [1.29, 1.82) is 0 Å². The number of nitrogens with zero attached hydrogens (tertiary/aromatic N) is 3. The van der Waals surface area contributed by atoms with E-state index in [9.17, 15) is 13.2 Å². The summed E-state index contributed by atoms with van der Waals surface area (Å²) >= 11 is 5.95. The molecule has 3 aromatic heterocycles. The van der Waals surface area contributed by atoms with Gasteiger partial charge in [0.05, 0.1) is 22.3 Å². The summed E-state index contributed by atoms with van der Waals surface area (Å²) in [6.07, 6.45) is -1.81. The van der Waals surface area contributed by atoms with Crippen LogP contribution in [0.25, 0.3) is 33.8 Å². The lowest BCUT2D eigenvalue weighted by atomic mass is 10.1. The molecule has 0 radical (unpaired) electrons. The molecule has 0 aliphatic rings. The summed E-state index contributed by atoms with van der Waals surface area (Å²) in [6.45, 7) is 0. The maximum atomic E-state index is 13.1. The molecule has 0 bridgehead atoms. The molecule has 130 valence electrons. The molecule has 26 heavy (non-hydrogen) atoms. The highest BCUT2D eigenvalue weighted by Gasteiger charge is 2.34. The first-order valence-electron chi connectivity index (χ1n) is 7.56. The van der Waals surface area contributed by atoms with Gasteiger partial charge in [-0.25, -0.2) is 4.98 Å². The van der Waals surface area contributed by atoms with E-state index in [1.54, 1.807) is 30.3 Å². The number of alkyl halides is 3. The van der Waals surface area contributed by atoms with E-state index in [0.717, 1.165) is 17.1 Å². The van der Waals surface area contributed by atoms with Crippen LogP contribution in [0.4, 0.5) is 13.2 Å². The van der Waals surface area contributed by atoms with E-state index in [0.29, 0.717) is 16.5 Å². The smallest absolute Gasteiger partial charge is 0.337 e. The molecule has 0 saturated heterocycles. The number of aromatic amines is 1. The van der Waals surface area contributed by atoms with Crippen LogP contribution in [0.2, 0.25) is 5.02 Å². The number of halogens is 4. The summed E-state index contributed by atoms with van der Waals surface area (Å²) in [5.41, 5.74) is 1.30. The van der Waals surface area contributed by atoms with E-state index in [4.69, 9.17) is 11.6 Å². The molecule has 8 heteroatoms. The van der Waals surface area contributed by atoms with Crippen molar-refractivity contribution in [3.8, 4) is 22.8 Å². The van der Waals surface area contributed by atoms with Gasteiger partial charge in [-0.15, -0.1) is 0 Å². The van der Waals surface area contributed by atoms with E-state index in [-0.39, 0.29) is 11.3 Å². The molecule has 0 aliphatic carbocycles. The van der Waals surface area contributed by atoms with Crippen molar-refractivity contribution < 1.29 is 13.2 Å². The minimum Gasteiger partial charge on any atom is -0.337 e. The molecule has 0 fully saturated rings. The Morgan fingerprint density at radius 2 is 1.85 bits per heavy atom. The van der Waals surface area contributed by atoms with Crippen molar-refractivity contribution in [2.75, 3.05) is 0 Å². The number of hydrogen-bond acceptors (Lipinski definition) is 3. The lowest BCUT2D eigenvalue weighted by Gasteiger charge is -2.11. The summed E-state index contributed by atoms with van der Waals surface area (Å²) in [4.78, 5) is 15.6. The van der Waals surface area contributed by atoms with E-state index in [1.165, 1.54) is 18.5 Å². The van der Waals surface area contributed by atoms with Gasteiger partial charge in [-0.3, -0.25) is 9.97 Å². The number of pyridine rings is 2. The Balaban J connectivity index is 1.73. The average molecular weight is 375 g/mol. The second-order valence-electron chi connectivity index (χ2n) is 5.58. The predicted octanol–water partition coefficient (Wildman–Crippen LogP) is 5.36. The SMILES string of the molecule is FC(F)(F)c1cccnc1-c1ccc(-c2nc3ccc(Cl)cc3[nH]2)nc1. The number of nitrogens with one attached hydrogen (secondary N) is 1. The highest BCUT2D eigenvalue weighted by atomic mass is 35.5. The molecule has 0 aliphatic heterocycles. The van der Waals surface area contributed by atoms with Gasteiger partial charge < -0.3 is 4.98 Å². The standard InChI is InChI=1S/C18H10ClF3N4/c19-11-4-6-13-15(8-11)26-17(25-13)14-5-3-10(9-24-14)16-12(18(20,21)22)2-1-7-23-16/h1-9H,(H,25,26). The van der Waals surface area contributed by atoms with E-state index in [1.807, 2.05) is 0 Å². The maximum absolute atomic E-state index is 13.1. The fraction of sp³-hybridized carbons (Fsp3) is 0.0556. The van der Waals surface area contributed by atoms with Gasteiger partial charge in [0, 0.05) is 23.0 Å². The largest absolute Gasteiger partial charge is 0.418 e. The predicted molar refractivity (Wildman–Crippen MR) is 92.6 cm³/mol. The molecular formula is C18H10ClF3N4. The summed E-state index contributed by atoms with van der Waals surface area (Å²) in [5.74, 6) is 0.505. The molecule has 3 heterocycles. The van der Waals surface area contributed by atoms with Gasteiger partial charge in [-0.05, 0) is 42.5 Å². The number of aromatic nitrogens is 4. The second kappa shape index (κ2) is 6.10. The van der Waals surface area contributed by atoms with Crippen molar-refractivity contribution in [1.82, 2.24) is 19.9 Å². The molecule has 0 saturated carbocycles. The summed E-state index contributed by atoms with van der Waals surface area (Å²) in [6, 6.07) is 10.6. The van der Waals surface area contributed by atoms with Crippen LogP contribution in [0.1, 0.15) is 5.56 Å². The number of imidazole rings is 1. The van der Waals surface area contributed by atoms with Crippen LogP contribution in [0.5, 0.6) is 0 Å². The Bertz CT molecular complexity index is 1090. The van der Waals surface area contributed by atoms with Crippen LogP contribution >= 0.6 is 11.6 Å². The third kappa shape index (κ3) is 3.01. The molecule has 4 aromatic rings. The Kier molecular flexibility index (Phi) is 3.88. The first-order chi connectivity index (χ1) is 12.4. The average Bonchev–Trinajstić information content (AvgIpc) is 3.04. The van der Waals surface area contributed by atoms with E-state index < -0.39 is 11.7 Å². The molecular weight excluding hydrogens is 365 g/mol. The van der Waals surface area contributed by atoms with Crippen molar-refractivity contribution in [3.05, 3.63) is 65.4 Å². The van der Waals surface area contributed by atoms with Crippen molar-refractivity contribution in [2.45, 2.75) is 6.18 Å². The number of fused-ring (bicyclic) bond motifs is 1. The minimum atomic E-state index is -4.49. The zero-order chi connectivity index (χ0) is 18.3. The Morgan fingerprint density at radius 1 is 1.00 bits per heavy atom. The Hall–Kier alpha value is -2.93. The van der Waals surface area contributed by atoms with Crippen LogP contribution in [-0.4, -0.2) is 19.9 Å². The quantitative estimate of drug-likeness (QED) is 0.514. The van der Waals surface area contributed by atoms with Crippen LogP contribution in [-0.2, 0) is 6.18 Å². The summed E-state index contributed by atoms with van der Waals surface area (Å²) in [5, 5.41) is 0.575. The lowest BCUT2D eigenvalue weighted by Crippen LogP contribution is -2.08. The molecule has 0 amide bonds. The van der Waals surface area contributed by atoms with Gasteiger partial charge in [0.2, 0.25) is 0 Å². The van der Waals surface area contributed by atoms with Crippen molar-refractivity contribution in [3.63, 3.8) is 0 Å². The van der Waals surface area contributed by atoms with Crippen LogP contribution in [0.3, 0.4) is 0 Å². The number of benzene rings is 1. The van der Waals surface area contributed by atoms with Gasteiger partial charge in [-0.1, -0.05) is 11.6 Å². The first kappa shape index (κ1) is 16.5. The molecule has 0 atom stereocenters. The van der Waals surface area contributed by atoms with Gasteiger partial charge in [0.15, 0.2) is 5.82 Å². The molecule has 1 N–H and O–H groups in total. The number of rotatable bonds is 2. The van der Waals surface area contributed by atoms with Crippen molar-refractivity contribution >= 4 is 22.6 Å². The highest BCUT2D eigenvalue weighted by Crippen LogP contribution is 2.35. The Labute approximate surface area is 150 Å². The van der Waals surface area contributed by atoms with Crippen LogP contribution < -0.4 is 0 Å². The van der Waals surface area contributed by atoms with E-state index in [2.05, 4.69) is 19.9 Å². The van der Waals surface area contributed by atoms with Gasteiger partial charge >= 0.3 is 6.18 Å². The Morgan fingerprint density at radius 3 is 2.58 bits per heavy atom. The minimum absolute atomic E-state index is 0.157. The topological polar surface area (TPSA) is 54.5 Å². The normalized spacial score (nSPS) is 11.8. The number of hydrogen-bond donors (Lipinski definition) is 1. The fourth-order valence-electron chi connectivity index (χ4n) is 2.64. The van der Waals surface area contributed by atoms with Gasteiger partial charge in [-0.2, -0.15) is 13.2 Å². The van der Waals surface area contributed by atoms with Crippen LogP contribution in [0.15, 0.2) is 54.9 Å².